The first-order valence-corrected chi connectivity index (χ1v) is 9.16. The number of hydrogen-bond acceptors (Lipinski definition) is 5. The number of fused-ring (bicyclic) bond motifs is 1. The molecule has 4 rings (SSSR count). The van der Waals surface area contributed by atoms with Crippen LogP contribution in [0.3, 0.4) is 0 Å². The van der Waals surface area contributed by atoms with Gasteiger partial charge < -0.3 is 5.32 Å². The Balaban J connectivity index is 1.77. The number of anilines is 2. The van der Waals surface area contributed by atoms with Gasteiger partial charge in [0.15, 0.2) is 6.17 Å². The second kappa shape index (κ2) is 7.33. The van der Waals surface area contributed by atoms with E-state index in [-0.39, 0.29) is 23.2 Å². The number of rotatable bonds is 2. The quantitative estimate of drug-likeness (QED) is 0.657. The van der Waals surface area contributed by atoms with Crippen molar-refractivity contribution in [3.63, 3.8) is 0 Å². The van der Waals surface area contributed by atoms with Gasteiger partial charge in [-0.3, -0.25) is 14.7 Å². The van der Waals surface area contributed by atoms with Crippen molar-refractivity contribution in [1.82, 2.24) is 9.55 Å². The molecule has 3 aromatic rings. The highest BCUT2D eigenvalue weighted by atomic mass is 19.4. The molecular weight excluding hydrogens is 395 g/mol. The fraction of sp³-hybridized carbons (Fsp3) is 0.190. The highest BCUT2D eigenvalue weighted by Gasteiger charge is 2.31. The smallest absolute Gasteiger partial charge is 0.326 e. The van der Waals surface area contributed by atoms with E-state index in [1.54, 1.807) is 6.92 Å². The van der Waals surface area contributed by atoms with Gasteiger partial charge in [-0.2, -0.15) is 13.2 Å². The van der Waals surface area contributed by atoms with Crippen molar-refractivity contribution >= 4 is 17.6 Å². The van der Waals surface area contributed by atoms with E-state index in [0.29, 0.717) is 5.69 Å². The molecule has 30 heavy (non-hydrogen) atoms. The summed E-state index contributed by atoms with van der Waals surface area (Å²) in [5.41, 5.74) is 1.42. The Labute approximate surface area is 170 Å². The minimum Gasteiger partial charge on any atom is -0.326 e. The molecule has 0 aliphatic carbocycles. The molecule has 2 aromatic carbocycles. The summed E-state index contributed by atoms with van der Waals surface area (Å²) in [6.07, 6.45) is -5.17. The highest BCUT2D eigenvalue weighted by Crippen LogP contribution is 2.31. The maximum atomic E-state index is 13.0. The summed E-state index contributed by atoms with van der Waals surface area (Å²) in [5, 5.41) is 5.78. The van der Waals surface area contributed by atoms with E-state index in [1.165, 1.54) is 22.8 Å². The molecule has 1 aliphatic heterocycles. The summed E-state index contributed by atoms with van der Waals surface area (Å²) in [7, 11) is 0. The summed E-state index contributed by atoms with van der Waals surface area (Å²) in [4.78, 5) is 21.6. The Morgan fingerprint density at radius 3 is 2.57 bits per heavy atom. The molecule has 0 saturated heterocycles. The Bertz CT molecular complexity index is 1200. The van der Waals surface area contributed by atoms with E-state index in [0.717, 1.165) is 23.3 Å². The van der Waals surface area contributed by atoms with Crippen molar-refractivity contribution in [3.05, 3.63) is 87.3 Å². The standard InChI is InChI=1S/C21H18F3N5O/c1-12-5-3-6-14(9-12)18-27-19(28-20-25-13(2)10-17(30)29(18)20)26-16-8-4-7-15(11-16)21(22,23)24/h3-11,18H,1-2H3,(H2,25,26,27,28)/t18-/m1/s1. The summed E-state index contributed by atoms with van der Waals surface area (Å²) in [6, 6.07) is 13.7. The molecular formula is C21H18F3N5O. The monoisotopic (exact) mass is 413 g/mol. The summed E-state index contributed by atoms with van der Waals surface area (Å²) >= 11 is 0. The zero-order chi connectivity index (χ0) is 21.5. The van der Waals surface area contributed by atoms with Crippen LogP contribution in [0.4, 0.5) is 24.8 Å². The second-order valence-electron chi connectivity index (χ2n) is 7.02. The fourth-order valence-electron chi connectivity index (χ4n) is 3.28. The van der Waals surface area contributed by atoms with Gasteiger partial charge in [0.05, 0.1) is 5.56 Å². The van der Waals surface area contributed by atoms with E-state index in [1.807, 2.05) is 31.2 Å². The van der Waals surface area contributed by atoms with E-state index in [9.17, 15) is 18.0 Å². The zero-order valence-corrected chi connectivity index (χ0v) is 16.2. The molecule has 0 radical (unpaired) electrons. The lowest BCUT2D eigenvalue weighted by Crippen LogP contribution is -2.37. The molecule has 1 aromatic heterocycles. The Hall–Kier alpha value is -3.62. The third kappa shape index (κ3) is 3.91. The van der Waals surface area contributed by atoms with Crippen molar-refractivity contribution in [2.24, 2.45) is 4.99 Å². The zero-order valence-electron chi connectivity index (χ0n) is 16.2. The van der Waals surface area contributed by atoms with Crippen LogP contribution < -0.4 is 16.2 Å². The third-order valence-corrected chi connectivity index (χ3v) is 4.60. The first-order chi connectivity index (χ1) is 14.2. The maximum absolute atomic E-state index is 13.0. The van der Waals surface area contributed by atoms with E-state index >= 15 is 0 Å². The molecule has 2 N–H and O–H groups in total. The summed E-state index contributed by atoms with van der Waals surface area (Å²) in [6.45, 7) is 3.62. The van der Waals surface area contributed by atoms with Crippen LogP contribution in [0.25, 0.3) is 0 Å². The lowest BCUT2D eigenvalue weighted by molar-refractivity contribution is -0.137. The largest absolute Gasteiger partial charge is 0.416 e. The van der Waals surface area contributed by atoms with Crippen molar-refractivity contribution < 1.29 is 13.2 Å². The Kier molecular flexibility index (Phi) is 4.81. The average molecular weight is 413 g/mol. The number of halogens is 3. The van der Waals surface area contributed by atoms with Crippen molar-refractivity contribution in [3.8, 4) is 0 Å². The molecule has 0 unspecified atom stereocenters. The van der Waals surface area contributed by atoms with E-state index < -0.39 is 17.9 Å². The second-order valence-corrected chi connectivity index (χ2v) is 7.02. The number of hydrogen-bond donors (Lipinski definition) is 2. The van der Waals surface area contributed by atoms with Crippen LogP contribution in [0, 0.1) is 13.8 Å². The number of aliphatic imine (C=N–C) groups is 1. The lowest BCUT2D eigenvalue weighted by Gasteiger charge is -2.27. The van der Waals surface area contributed by atoms with Crippen LogP contribution in [0.15, 0.2) is 64.4 Å². The van der Waals surface area contributed by atoms with Crippen molar-refractivity contribution in [2.45, 2.75) is 26.2 Å². The predicted molar refractivity (Wildman–Crippen MR) is 109 cm³/mol. The van der Waals surface area contributed by atoms with Crippen molar-refractivity contribution in [2.75, 3.05) is 10.6 Å². The predicted octanol–water partition coefficient (Wildman–Crippen LogP) is 4.32. The molecule has 2 heterocycles. The molecule has 154 valence electrons. The van der Waals surface area contributed by atoms with Crippen molar-refractivity contribution in [1.29, 1.82) is 0 Å². The van der Waals surface area contributed by atoms with Crippen LogP contribution in [0.1, 0.15) is 28.6 Å². The van der Waals surface area contributed by atoms with Gasteiger partial charge in [-0.1, -0.05) is 35.9 Å². The van der Waals surface area contributed by atoms with Gasteiger partial charge in [0.25, 0.3) is 5.56 Å². The molecule has 1 aliphatic rings. The molecule has 0 bridgehead atoms. The maximum Gasteiger partial charge on any atom is 0.416 e. The minimum atomic E-state index is -4.46. The van der Waals surface area contributed by atoms with Crippen LogP contribution in [0.2, 0.25) is 0 Å². The Morgan fingerprint density at radius 1 is 1.07 bits per heavy atom. The Morgan fingerprint density at radius 2 is 1.83 bits per heavy atom. The van der Waals surface area contributed by atoms with Gasteiger partial charge in [-0.15, -0.1) is 0 Å². The lowest BCUT2D eigenvalue weighted by atomic mass is 10.1. The van der Waals surface area contributed by atoms with E-state index in [2.05, 4.69) is 20.6 Å². The molecule has 9 heteroatoms. The molecule has 0 fully saturated rings. The van der Waals surface area contributed by atoms with Gasteiger partial charge >= 0.3 is 6.18 Å². The number of guanidine groups is 1. The molecule has 1 atom stereocenters. The highest BCUT2D eigenvalue weighted by molar-refractivity contribution is 6.03. The number of alkyl halides is 3. The third-order valence-electron chi connectivity index (χ3n) is 4.60. The molecule has 0 amide bonds. The topological polar surface area (TPSA) is 71.3 Å². The number of benzene rings is 2. The average Bonchev–Trinajstić information content (AvgIpc) is 2.66. The summed E-state index contributed by atoms with van der Waals surface area (Å²) in [5.74, 6) is 0.453. The van der Waals surface area contributed by atoms with Crippen LogP contribution in [0.5, 0.6) is 0 Å². The summed E-state index contributed by atoms with van der Waals surface area (Å²) < 4.78 is 40.5. The normalized spacial score (nSPS) is 15.8. The number of nitrogens with zero attached hydrogens (tertiary/aromatic N) is 3. The number of nitrogens with one attached hydrogen (secondary N) is 2. The van der Waals surface area contributed by atoms with Crippen LogP contribution in [-0.4, -0.2) is 15.5 Å². The van der Waals surface area contributed by atoms with Gasteiger partial charge in [0, 0.05) is 17.4 Å². The fourth-order valence-corrected chi connectivity index (χ4v) is 3.28. The minimum absolute atomic E-state index is 0.193. The van der Waals surface area contributed by atoms with Gasteiger partial charge in [-0.25, -0.2) is 9.98 Å². The number of aromatic nitrogens is 2. The molecule has 6 nitrogen and oxygen atoms in total. The van der Waals surface area contributed by atoms with Gasteiger partial charge in [0.1, 0.15) is 0 Å². The SMILES string of the molecule is Cc1cccc([C@@H]2N=C(Nc3cccc(C(F)(F)F)c3)Nc3nc(C)cc(=O)n32)c1. The van der Waals surface area contributed by atoms with Crippen LogP contribution in [-0.2, 0) is 6.18 Å². The number of aryl methyl sites for hydroxylation is 2. The first kappa shape index (κ1) is 19.7. The molecule has 0 saturated carbocycles. The van der Waals surface area contributed by atoms with Crippen LogP contribution >= 0.6 is 0 Å². The van der Waals surface area contributed by atoms with Gasteiger partial charge in [0.2, 0.25) is 11.9 Å². The first-order valence-electron chi connectivity index (χ1n) is 9.16. The molecule has 0 spiro atoms. The van der Waals surface area contributed by atoms with E-state index in [4.69, 9.17) is 0 Å². The van der Waals surface area contributed by atoms with Gasteiger partial charge in [-0.05, 0) is 37.6 Å².